The zero-order chi connectivity index (χ0) is 22.2. The number of carbonyl (C=O) groups excluding carboxylic acids is 2. The summed E-state index contributed by atoms with van der Waals surface area (Å²) < 4.78 is 0. The molecule has 2 N–H and O–H groups in total. The molecule has 0 bridgehead atoms. The SMILES string of the molecule is CC(C)c1cccc(NC(=O)c2cccnc2SCc2ccnc(NC(=O)CCl)c2)c1. The van der Waals surface area contributed by atoms with Crippen LogP contribution in [-0.4, -0.2) is 27.7 Å². The summed E-state index contributed by atoms with van der Waals surface area (Å²) in [5, 5.41) is 6.22. The standard InChI is InChI=1S/C23H23ClN4O2S/c1-15(2)17-5-3-6-18(12-17)27-22(30)19-7-4-9-26-23(19)31-14-16-8-10-25-20(11-16)28-21(29)13-24/h3-12,15H,13-14H2,1-2H3,(H,27,30)(H,25,28,29). The summed E-state index contributed by atoms with van der Waals surface area (Å²) in [6, 6.07) is 15.0. The maximum Gasteiger partial charge on any atom is 0.258 e. The molecule has 0 aliphatic carbocycles. The van der Waals surface area contributed by atoms with Gasteiger partial charge in [-0.3, -0.25) is 9.59 Å². The summed E-state index contributed by atoms with van der Waals surface area (Å²) in [4.78, 5) is 32.9. The lowest BCUT2D eigenvalue weighted by Crippen LogP contribution is -2.14. The number of thioether (sulfide) groups is 1. The van der Waals surface area contributed by atoms with Gasteiger partial charge in [-0.15, -0.1) is 23.4 Å². The van der Waals surface area contributed by atoms with Crippen LogP contribution < -0.4 is 10.6 Å². The fourth-order valence-electron chi connectivity index (χ4n) is 2.81. The van der Waals surface area contributed by atoms with Gasteiger partial charge in [0.05, 0.1) is 5.56 Å². The quantitative estimate of drug-likeness (QED) is 0.355. The summed E-state index contributed by atoms with van der Waals surface area (Å²) in [5.41, 5.74) is 3.36. The number of nitrogens with zero attached hydrogens (tertiary/aromatic N) is 2. The van der Waals surface area contributed by atoms with Crippen LogP contribution in [0, 0.1) is 0 Å². The third kappa shape index (κ3) is 6.54. The van der Waals surface area contributed by atoms with Crippen molar-refractivity contribution in [2.24, 2.45) is 0 Å². The van der Waals surface area contributed by atoms with E-state index in [-0.39, 0.29) is 17.7 Å². The van der Waals surface area contributed by atoms with Gasteiger partial charge in [0.25, 0.3) is 5.91 Å². The first-order chi connectivity index (χ1) is 15.0. The Hall–Kier alpha value is -2.90. The fourth-order valence-corrected chi connectivity index (χ4v) is 3.81. The maximum atomic E-state index is 12.9. The topological polar surface area (TPSA) is 84.0 Å². The van der Waals surface area contributed by atoms with Crippen LogP contribution in [0.15, 0.2) is 66.0 Å². The molecule has 0 saturated heterocycles. The lowest BCUT2D eigenvalue weighted by Gasteiger charge is -2.11. The van der Waals surface area contributed by atoms with Gasteiger partial charge in [-0.1, -0.05) is 26.0 Å². The minimum Gasteiger partial charge on any atom is -0.322 e. The monoisotopic (exact) mass is 454 g/mol. The van der Waals surface area contributed by atoms with Crippen molar-refractivity contribution in [3.8, 4) is 0 Å². The molecule has 2 heterocycles. The Balaban J connectivity index is 1.71. The molecule has 160 valence electrons. The summed E-state index contributed by atoms with van der Waals surface area (Å²) in [6.45, 7) is 4.23. The van der Waals surface area contributed by atoms with E-state index in [0.29, 0.717) is 28.1 Å². The van der Waals surface area contributed by atoms with Crippen molar-refractivity contribution in [1.29, 1.82) is 0 Å². The van der Waals surface area contributed by atoms with Crippen molar-refractivity contribution in [2.75, 3.05) is 16.5 Å². The van der Waals surface area contributed by atoms with Gasteiger partial charge in [0.15, 0.2) is 0 Å². The highest BCUT2D eigenvalue weighted by Crippen LogP contribution is 2.26. The van der Waals surface area contributed by atoms with Crippen LogP contribution in [0.25, 0.3) is 0 Å². The molecular formula is C23H23ClN4O2S. The van der Waals surface area contributed by atoms with E-state index in [1.807, 2.05) is 30.3 Å². The second-order valence-corrected chi connectivity index (χ2v) is 8.34. The molecule has 8 heteroatoms. The zero-order valence-corrected chi connectivity index (χ0v) is 18.8. The van der Waals surface area contributed by atoms with E-state index in [0.717, 1.165) is 16.8 Å². The number of aromatic nitrogens is 2. The molecule has 6 nitrogen and oxygen atoms in total. The van der Waals surface area contributed by atoms with E-state index < -0.39 is 0 Å². The molecule has 0 aliphatic heterocycles. The van der Waals surface area contributed by atoms with Gasteiger partial charge in [-0.2, -0.15) is 0 Å². The molecule has 31 heavy (non-hydrogen) atoms. The van der Waals surface area contributed by atoms with Gasteiger partial charge in [0, 0.05) is 23.8 Å². The molecule has 2 aromatic heterocycles. The Morgan fingerprint density at radius 1 is 1.03 bits per heavy atom. The van der Waals surface area contributed by atoms with Crippen LogP contribution in [0.5, 0.6) is 0 Å². The Morgan fingerprint density at radius 3 is 2.65 bits per heavy atom. The van der Waals surface area contributed by atoms with Crippen LogP contribution in [0.4, 0.5) is 11.5 Å². The van der Waals surface area contributed by atoms with Gasteiger partial charge >= 0.3 is 0 Å². The van der Waals surface area contributed by atoms with Crippen LogP contribution in [0.3, 0.4) is 0 Å². The minimum atomic E-state index is -0.316. The molecule has 0 unspecified atom stereocenters. The van der Waals surface area contributed by atoms with E-state index >= 15 is 0 Å². The normalized spacial score (nSPS) is 10.7. The van der Waals surface area contributed by atoms with Gasteiger partial charge in [-0.25, -0.2) is 9.97 Å². The number of nitrogens with one attached hydrogen (secondary N) is 2. The average Bonchev–Trinajstić information content (AvgIpc) is 2.78. The highest BCUT2D eigenvalue weighted by Gasteiger charge is 2.14. The molecule has 0 spiro atoms. The van der Waals surface area contributed by atoms with Crippen molar-refractivity contribution in [3.05, 3.63) is 77.6 Å². The molecule has 1 aromatic carbocycles. The molecule has 0 fully saturated rings. The third-order valence-electron chi connectivity index (χ3n) is 4.42. The van der Waals surface area contributed by atoms with Gasteiger partial charge in [0.1, 0.15) is 16.7 Å². The molecule has 3 aromatic rings. The highest BCUT2D eigenvalue weighted by molar-refractivity contribution is 7.98. The summed E-state index contributed by atoms with van der Waals surface area (Å²) in [5.74, 6) is 0.721. The Bertz CT molecular complexity index is 1070. The van der Waals surface area contributed by atoms with Gasteiger partial charge in [0.2, 0.25) is 5.91 Å². The Morgan fingerprint density at radius 2 is 1.87 bits per heavy atom. The third-order valence-corrected chi connectivity index (χ3v) is 5.73. The molecule has 0 atom stereocenters. The average molecular weight is 455 g/mol. The summed E-state index contributed by atoms with van der Waals surface area (Å²) in [6.07, 6.45) is 3.28. The van der Waals surface area contributed by atoms with Crippen LogP contribution >= 0.6 is 23.4 Å². The number of benzene rings is 1. The molecule has 3 rings (SSSR count). The minimum absolute atomic E-state index is 0.132. The first-order valence-electron chi connectivity index (χ1n) is 9.76. The Labute approximate surface area is 190 Å². The largest absolute Gasteiger partial charge is 0.322 e. The Kier molecular flexibility index (Phi) is 8.03. The number of rotatable bonds is 8. The number of carbonyl (C=O) groups is 2. The summed E-state index contributed by atoms with van der Waals surface area (Å²) >= 11 is 6.96. The van der Waals surface area contributed by atoms with E-state index in [4.69, 9.17) is 11.6 Å². The number of alkyl halides is 1. The number of anilines is 2. The van der Waals surface area contributed by atoms with Crippen LogP contribution in [0.1, 0.15) is 41.3 Å². The molecule has 0 radical (unpaired) electrons. The van der Waals surface area contributed by atoms with Crippen molar-refractivity contribution in [1.82, 2.24) is 9.97 Å². The first-order valence-corrected chi connectivity index (χ1v) is 11.3. The molecule has 0 aliphatic rings. The van der Waals surface area contributed by atoms with Crippen LogP contribution in [-0.2, 0) is 10.5 Å². The number of hydrogen-bond acceptors (Lipinski definition) is 5. The second-order valence-electron chi connectivity index (χ2n) is 7.11. The van der Waals surface area contributed by atoms with Crippen LogP contribution in [0.2, 0.25) is 0 Å². The molecule has 0 saturated carbocycles. The highest BCUT2D eigenvalue weighted by atomic mass is 35.5. The smallest absolute Gasteiger partial charge is 0.258 e. The van der Waals surface area contributed by atoms with Crippen molar-refractivity contribution < 1.29 is 9.59 Å². The fraction of sp³-hybridized carbons (Fsp3) is 0.217. The van der Waals surface area contributed by atoms with Gasteiger partial charge < -0.3 is 10.6 Å². The van der Waals surface area contributed by atoms with Crippen molar-refractivity contribution in [2.45, 2.75) is 30.5 Å². The maximum absolute atomic E-state index is 12.9. The van der Waals surface area contributed by atoms with E-state index in [2.05, 4.69) is 34.4 Å². The molecular weight excluding hydrogens is 432 g/mol. The first kappa shape index (κ1) is 22.8. The molecule has 2 amide bonds. The zero-order valence-electron chi connectivity index (χ0n) is 17.3. The number of amides is 2. The van der Waals surface area contributed by atoms with E-state index in [9.17, 15) is 9.59 Å². The van der Waals surface area contributed by atoms with Gasteiger partial charge in [-0.05, 0) is 53.4 Å². The summed E-state index contributed by atoms with van der Waals surface area (Å²) in [7, 11) is 0. The number of hydrogen-bond donors (Lipinski definition) is 2. The predicted octanol–water partition coefficient (Wildman–Crippen LogP) is 5.32. The predicted molar refractivity (Wildman–Crippen MR) is 126 cm³/mol. The van der Waals surface area contributed by atoms with E-state index in [1.165, 1.54) is 11.8 Å². The lowest BCUT2D eigenvalue weighted by atomic mass is 10.0. The van der Waals surface area contributed by atoms with E-state index in [1.54, 1.807) is 30.6 Å². The van der Waals surface area contributed by atoms with Crippen molar-refractivity contribution >= 4 is 46.7 Å². The second kappa shape index (κ2) is 10.9. The lowest BCUT2D eigenvalue weighted by molar-refractivity contribution is -0.113. The number of halogens is 1. The number of pyridine rings is 2. The van der Waals surface area contributed by atoms with Crippen molar-refractivity contribution in [3.63, 3.8) is 0 Å².